The second-order valence-corrected chi connectivity index (χ2v) is 5.92. The average molecular weight is 351 g/mol. The van der Waals surface area contributed by atoms with Gasteiger partial charge in [-0.25, -0.2) is 9.48 Å². The Balaban J connectivity index is 1.82. The zero-order valence-corrected chi connectivity index (χ0v) is 14.1. The first-order valence-corrected chi connectivity index (χ1v) is 8.01. The fraction of sp³-hybridized carbons (Fsp3) is 0.158. The molecular formula is C19H17N3O4. The van der Waals surface area contributed by atoms with Crippen molar-refractivity contribution >= 4 is 22.6 Å². The lowest BCUT2D eigenvalue weighted by atomic mass is 10.1. The summed E-state index contributed by atoms with van der Waals surface area (Å²) in [4.78, 5) is 36.1. The second kappa shape index (κ2) is 7.18. The molecule has 132 valence electrons. The first-order valence-electron chi connectivity index (χ1n) is 8.01. The maximum atomic E-state index is 12.5. The third-order valence-corrected chi connectivity index (χ3v) is 3.97. The van der Waals surface area contributed by atoms with Crippen LogP contribution in [0.25, 0.3) is 10.8 Å². The van der Waals surface area contributed by atoms with Crippen molar-refractivity contribution in [1.82, 2.24) is 15.1 Å². The number of hydrogen-bond acceptors (Lipinski definition) is 4. The molecule has 0 atom stereocenters. The van der Waals surface area contributed by atoms with E-state index >= 15 is 0 Å². The average Bonchev–Trinajstić information content (AvgIpc) is 2.63. The Morgan fingerprint density at radius 1 is 1.08 bits per heavy atom. The van der Waals surface area contributed by atoms with E-state index in [-0.39, 0.29) is 23.0 Å². The fourth-order valence-corrected chi connectivity index (χ4v) is 2.60. The number of benzene rings is 2. The highest BCUT2D eigenvalue weighted by Gasteiger charge is 2.16. The Morgan fingerprint density at radius 3 is 2.38 bits per heavy atom. The predicted molar refractivity (Wildman–Crippen MR) is 96.0 cm³/mol. The van der Waals surface area contributed by atoms with Gasteiger partial charge in [0.25, 0.3) is 5.56 Å². The van der Waals surface area contributed by atoms with E-state index in [9.17, 15) is 19.5 Å². The van der Waals surface area contributed by atoms with Crippen molar-refractivity contribution in [2.75, 3.05) is 0 Å². The number of carbonyl (C=O) groups is 2. The molecule has 3 rings (SSSR count). The van der Waals surface area contributed by atoms with E-state index in [1.165, 1.54) is 12.1 Å². The minimum atomic E-state index is -1.25. The van der Waals surface area contributed by atoms with E-state index in [0.717, 1.165) is 15.8 Å². The van der Waals surface area contributed by atoms with Crippen molar-refractivity contribution in [1.29, 1.82) is 0 Å². The molecule has 0 saturated carbocycles. The van der Waals surface area contributed by atoms with Crippen LogP contribution in [0, 0.1) is 6.92 Å². The van der Waals surface area contributed by atoms with E-state index in [0.29, 0.717) is 6.54 Å². The van der Waals surface area contributed by atoms with Gasteiger partial charge in [0.15, 0.2) is 5.69 Å². The van der Waals surface area contributed by atoms with Crippen LogP contribution in [-0.2, 0) is 17.9 Å². The number of nitrogens with zero attached hydrogens (tertiary/aromatic N) is 2. The largest absolute Gasteiger partial charge is 0.476 e. The van der Waals surface area contributed by atoms with Crippen molar-refractivity contribution in [3.05, 3.63) is 75.7 Å². The summed E-state index contributed by atoms with van der Waals surface area (Å²) >= 11 is 0. The Labute approximate surface area is 148 Å². The molecule has 0 unspecified atom stereocenters. The SMILES string of the molecule is Cc1ccc(CNC(=O)Cn2nc(C(=O)O)c3ccccc3c2=O)cc1. The van der Waals surface area contributed by atoms with Gasteiger partial charge in [0.1, 0.15) is 6.54 Å². The van der Waals surface area contributed by atoms with Gasteiger partial charge in [0.2, 0.25) is 5.91 Å². The van der Waals surface area contributed by atoms with Crippen molar-refractivity contribution in [3.8, 4) is 0 Å². The fourth-order valence-electron chi connectivity index (χ4n) is 2.60. The zero-order valence-electron chi connectivity index (χ0n) is 14.1. The molecule has 2 aromatic carbocycles. The molecular weight excluding hydrogens is 334 g/mol. The molecule has 2 N–H and O–H groups in total. The minimum Gasteiger partial charge on any atom is -0.476 e. The molecule has 7 heteroatoms. The van der Waals surface area contributed by atoms with Crippen LogP contribution in [0.3, 0.4) is 0 Å². The molecule has 0 bridgehead atoms. The van der Waals surface area contributed by atoms with Crippen molar-refractivity contribution < 1.29 is 14.7 Å². The van der Waals surface area contributed by atoms with Gasteiger partial charge in [-0.2, -0.15) is 5.10 Å². The molecule has 3 aromatic rings. The van der Waals surface area contributed by atoms with E-state index in [2.05, 4.69) is 10.4 Å². The molecule has 0 fully saturated rings. The molecule has 1 aromatic heterocycles. The summed E-state index contributed by atoms with van der Waals surface area (Å²) in [6.07, 6.45) is 0. The summed E-state index contributed by atoms with van der Waals surface area (Å²) in [6, 6.07) is 14.0. The number of aryl methyl sites for hydroxylation is 1. The minimum absolute atomic E-state index is 0.214. The number of carboxylic acids is 1. The van der Waals surface area contributed by atoms with Crippen LogP contribution in [0.15, 0.2) is 53.3 Å². The lowest BCUT2D eigenvalue weighted by molar-refractivity contribution is -0.122. The highest BCUT2D eigenvalue weighted by atomic mass is 16.4. The Hall–Kier alpha value is -3.48. The smallest absolute Gasteiger partial charge is 0.357 e. The molecule has 0 aliphatic rings. The Bertz CT molecular complexity index is 1040. The third-order valence-electron chi connectivity index (χ3n) is 3.97. The van der Waals surface area contributed by atoms with Crippen LogP contribution in [0.4, 0.5) is 0 Å². The molecule has 7 nitrogen and oxygen atoms in total. The number of fused-ring (bicyclic) bond motifs is 1. The molecule has 26 heavy (non-hydrogen) atoms. The Morgan fingerprint density at radius 2 is 1.73 bits per heavy atom. The summed E-state index contributed by atoms with van der Waals surface area (Å²) in [5, 5.41) is 16.3. The predicted octanol–water partition coefficient (Wildman–Crippen LogP) is 1.72. The molecule has 0 spiro atoms. The number of aromatic carboxylic acids is 1. The van der Waals surface area contributed by atoms with E-state index in [1.807, 2.05) is 31.2 Å². The van der Waals surface area contributed by atoms with Crippen molar-refractivity contribution in [2.24, 2.45) is 0 Å². The van der Waals surface area contributed by atoms with Gasteiger partial charge in [-0.05, 0) is 18.6 Å². The van der Waals surface area contributed by atoms with Gasteiger partial charge >= 0.3 is 5.97 Å². The summed E-state index contributed by atoms with van der Waals surface area (Å²) in [5.74, 6) is -1.68. The molecule has 0 radical (unpaired) electrons. The summed E-state index contributed by atoms with van der Waals surface area (Å²) in [7, 11) is 0. The number of carbonyl (C=O) groups excluding carboxylic acids is 1. The lowest BCUT2D eigenvalue weighted by Gasteiger charge is -2.09. The van der Waals surface area contributed by atoms with Crippen LogP contribution in [0.1, 0.15) is 21.6 Å². The first kappa shape index (κ1) is 17.3. The monoisotopic (exact) mass is 351 g/mol. The van der Waals surface area contributed by atoms with Crippen LogP contribution in [-0.4, -0.2) is 26.8 Å². The number of amides is 1. The van der Waals surface area contributed by atoms with Gasteiger partial charge in [-0.1, -0.05) is 48.0 Å². The highest BCUT2D eigenvalue weighted by Crippen LogP contribution is 2.13. The summed E-state index contributed by atoms with van der Waals surface area (Å²) in [5.41, 5.74) is 1.28. The second-order valence-electron chi connectivity index (χ2n) is 5.92. The number of hydrogen-bond donors (Lipinski definition) is 2. The summed E-state index contributed by atoms with van der Waals surface area (Å²) in [6.45, 7) is 1.93. The molecule has 0 aliphatic heterocycles. The topological polar surface area (TPSA) is 101 Å². The van der Waals surface area contributed by atoms with Gasteiger partial charge in [-0.3, -0.25) is 9.59 Å². The first-order chi connectivity index (χ1) is 12.5. The maximum Gasteiger partial charge on any atom is 0.357 e. The maximum absolute atomic E-state index is 12.5. The van der Waals surface area contributed by atoms with Gasteiger partial charge in [-0.15, -0.1) is 0 Å². The third kappa shape index (κ3) is 3.61. The lowest BCUT2D eigenvalue weighted by Crippen LogP contribution is -2.34. The van der Waals surface area contributed by atoms with Gasteiger partial charge in [0.05, 0.1) is 5.39 Å². The van der Waals surface area contributed by atoms with E-state index in [1.54, 1.807) is 12.1 Å². The number of nitrogens with one attached hydrogen (secondary N) is 1. The zero-order chi connectivity index (χ0) is 18.7. The van der Waals surface area contributed by atoms with Crippen molar-refractivity contribution in [3.63, 3.8) is 0 Å². The quantitative estimate of drug-likeness (QED) is 0.729. The standard InChI is InChI=1S/C19H17N3O4/c1-12-6-8-13(9-7-12)10-20-16(23)11-22-18(24)15-5-3-2-4-14(15)17(21-22)19(25)26/h2-9H,10-11H2,1H3,(H,20,23)(H,25,26). The number of rotatable bonds is 5. The normalized spacial score (nSPS) is 10.7. The molecule has 1 amide bonds. The van der Waals surface area contributed by atoms with Crippen LogP contribution < -0.4 is 10.9 Å². The Kier molecular flexibility index (Phi) is 4.79. The van der Waals surface area contributed by atoms with Crippen LogP contribution in [0.2, 0.25) is 0 Å². The number of aromatic nitrogens is 2. The van der Waals surface area contributed by atoms with Gasteiger partial charge in [0, 0.05) is 11.9 Å². The number of carboxylic acid groups (broad SMARTS) is 1. The van der Waals surface area contributed by atoms with Crippen LogP contribution >= 0.6 is 0 Å². The van der Waals surface area contributed by atoms with Gasteiger partial charge < -0.3 is 10.4 Å². The molecule has 0 saturated heterocycles. The van der Waals surface area contributed by atoms with E-state index < -0.39 is 17.4 Å². The molecule has 0 aliphatic carbocycles. The van der Waals surface area contributed by atoms with Crippen LogP contribution in [0.5, 0.6) is 0 Å². The highest BCUT2D eigenvalue weighted by molar-refractivity contribution is 6.01. The van der Waals surface area contributed by atoms with Crippen molar-refractivity contribution in [2.45, 2.75) is 20.0 Å². The summed E-state index contributed by atoms with van der Waals surface area (Å²) < 4.78 is 0.885. The van der Waals surface area contributed by atoms with E-state index in [4.69, 9.17) is 0 Å². The molecule has 1 heterocycles.